The van der Waals surface area contributed by atoms with Gasteiger partial charge in [-0.05, 0) is 82.8 Å². The molecule has 6 aromatic rings. The van der Waals surface area contributed by atoms with Crippen LogP contribution in [0.1, 0.15) is 27.7 Å². The zero-order valence-corrected chi connectivity index (χ0v) is 24.0. The third-order valence-electron chi connectivity index (χ3n) is 6.21. The molecule has 0 N–H and O–H groups in total. The Hall–Kier alpha value is -3.75. The van der Waals surface area contributed by atoms with Crippen molar-refractivity contribution in [3.8, 4) is 33.4 Å². The number of pyridine rings is 1. The van der Waals surface area contributed by atoms with Crippen LogP contribution in [0.2, 0.25) is 0 Å². The molecule has 1 aromatic heterocycles. The van der Waals surface area contributed by atoms with Crippen molar-refractivity contribution < 1.29 is 0 Å². The van der Waals surface area contributed by atoms with Gasteiger partial charge in [-0.1, -0.05) is 131 Å². The summed E-state index contributed by atoms with van der Waals surface area (Å²) in [6.45, 7) is 8.75. The van der Waals surface area contributed by atoms with Gasteiger partial charge in [0.1, 0.15) is 4.60 Å². The summed E-state index contributed by atoms with van der Waals surface area (Å²) in [7, 11) is 0. The molecule has 0 saturated carbocycles. The number of nitrogens with zero attached hydrogens (tertiary/aromatic N) is 1. The van der Waals surface area contributed by atoms with E-state index in [9.17, 15) is 0 Å². The summed E-state index contributed by atoms with van der Waals surface area (Å²) in [5, 5.41) is 4.97. The van der Waals surface area contributed by atoms with Crippen LogP contribution in [-0.2, 0) is 0 Å². The fourth-order valence-electron chi connectivity index (χ4n) is 4.74. The van der Waals surface area contributed by atoms with Crippen molar-refractivity contribution in [3.05, 3.63) is 126 Å². The normalized spacial score (nSPS) is 11.3. The number of benzene rings is 5. The number of aromatic nitrogens is 1. The number of hydrogen-bond donors (Lipinski definition) is 0. The van der Waals surface area contributed by atoms with Crippen molar-refractivity contribution in [3.63, 3.8) is 0 Å². The topological polar surface area (TPSA) is 12.9 Å². The number of fused-ring (bicyclic) bond motifs is 2. The SMILES string of the molecule is Brc1ccc(-c2c3ccccc3c(-c3ccccc3)c3cc(-c4ccccc4)ccc23)cn1.CC(C)(C)C. The summed E-state index contributed by atoms with van der Waals surface area (Å²) in [6, 6.07) is 41.0. The van der Waals surface area contributed by atoms with Gasteiger partial charge in [-0.2, -0.15) is 0 Å². The van der Waals surface area contributed by atoms with E-state index in [0.29, 0.717) is 5.41 Å². The van der Waals surface area contributed by atoms with Crippen molar-refractivity contribution in [1.29, 1.82) is 0 Å². The summed E-state index contributed by atoms with van der Waals surface area (Å²) in [5.74, 6) is 0. The Morgan fingerprint density at radius 3 is 1.50 bits per heavy atom. The Bertz CT molecular complexity index is 1670. The van der Waals surface area contributed by atoms with Gasteiger partial charge < -0.3 is 0 Å². The molecule has 2 heteroatoms. The molecule has 0 saturated heterocycles. The number of halogens is 1. The highest BCUT2D eigenvalue weighted by Crippen LogP contribution is 2.44. The quantitative estimate of drug-likeness (QED) is 0.156. The predicted molar refractivity (Wildman–Crippen MR) is 168 cm³/mol. The van der Waals surface area contributed by atoms with E-state index in [4.69, 9.17) is 0 Å². The fourth-order valence-corrected chi connectivity index (χ4v) is 4.97. The van der Waals surface area contributed by atoms with Crippen molar-refractivity contribution in [2.75, 3.05) is 0 Å². The summed E-state index contributed by atoms with van der Waals surface area (Å²) >= 11 is 3.48. The Labute approximate surface area is 234 Å². The number of rotatable bonds is 3. The summed E-state index contributed by atoms with van der Waals surface area (Å²) < 4.78 is 0.840. The molecule has 0 atom stereocenters. The highest BCUT2D eigenvalue weighted by Gasteiger charge is 2.17. The standard InChI is InChI=1S/C31H20BrN.C5H12/c32-29-18-16-24(20-33-29)31-26-14-8-7-13-25(26)30(22-11-5-2-6-12-22)28-19-23(15-17-27(28)31)21-9-3-1-4-10-21;1-5(2,3)4/h1-20H;1-4H3. The molecule has 0 spiro atoms. The molecular weight excluding hydrogens is 526 g/mol. The zero-order chi connectivity index (χ0) is 26.7. The second-order valence-electron chi connectivity index (χ2n) is 11.2. The molecule has 0 aliphatic heterocycles. The van der Waals surface area contributed by atoms with E-state index in [1.54, 1.807) is 0 Å². The maximum absolute atomic E-state index is 4.53. The lowest BCUT2D eigenvalue weighted by Crippen LogP contribution is -1.93. The van der Waals surface area contributed by atoms with Crippen molar-refractivity contribution >= 4 is 37.5 Å². The number of hydrogen-bond acceptors (Lipinski definition) is 1. The first-order chi connectivity index (χ1) is 18.3. The minimum atomic E-state index is 0.500. The zero-order valence-electron chi connectivity index (χ0n) is 22.4. The lowest BCUT2D eigenvalue weighted by atomic mass is 9.85. The summed E-state index contributed by atoms with van der Waals surface area (Å²) in [6.07, 6.45) is 1.96. The Morgan fingerprint density at radius 1 is 0.474 bits per heavy atom. The van der Waals surface area contributed by atoms with E-state index < -0.39 is 0 Å². The van der Waals surface area contributed by atoms with E-state index in [-0.39, 0.29) is 0 Å². The Kier molecular flexibility index (Phi) is 7.44. The van der Waals surface area contributed by atoms with Gasteiger partial charge in [0.2, 0.25) is 0 Å². The van der Waals surface area contributed by atoms with Gasteiger partial charge in [-0.25, -0.2) is 4.98 Å². The van der Waals surface area contributed by atoms with Crippen LogP contribution in [0.25, 0.3) is 54.9 Å². The van der Waals surface area contributed by atoms with Gasteiger partial charge >= 0.3 is 0 Å². The van der Waals surface area contributed by atoms with Crippen LogP contribution in [0, 0.1) is 5.41 Å². The molecule has 0 amide bonds. The molecule has 0 unspecified atom stereocenters. The lowest BCUT2D eigenvalue weighted by Gasteiger charge is -2.18. The Morgan fingerprint density at radius 2 is 0.947 bits per heavy atom. The Balaban J connectivity index is 0.000000540. The third-order valence-corrected chi connectivity index (χ3v) is 6.68. The molecule has 0 bridgehead atoms. The molecule has 6 rings (SSSR count). The second-order valence-corrected chi connectivity index (χ2v) is 12.0. The van der Waals surface area contributed by atoms with Crippen LogP contribution >= 0.6 is 15.9 Å². The molecular formula is C36H32BrN. The largest absolute Gasteiger partial charge is 0.249 e. The average Bonchev–Trinajstić information content (AvgIpc) is 2.92. The van der Waals surface area contributed by atoms with Crippen molar-refractivity contribution in [2.45, 2.75) is 27.7 Å². The highest BCUT2D eigenvalue weighted by atomic mass is 79.9. The molecule has 0 aliphatic carbocycles. The maximum Gasteiger partial charge on any atom is 0.106 e. The summed E-state index contributed by atoms with van der Waals surface area (Å²) in [4.78, 5) is 4.53. The monoisotopic (exact) mass is 557 g/mol. The summed E-state index contributed by atoms with van der Waals surface area (Å²) in [5.41, 5.74) is 7.78. The van der Waals surface area contributed by atoms with Gasteiger partial charge in [0.15, 0.2) is 0 Å². The third kappa shape index (κ3) is 5.71. The lowest BCUT2D eigenvalue weighted by molar-refractivity contribution is 0.469. The van der Waals surface area contributed by atoms with E-state index in [1.165, 1.54) is 49.4 Å². The fraction of sp³-hybridized carbons (Fsp3) is 0.139. The van der Waals surface area contributed by atoms with Crippen molar-refractivity contribution in [2.24, 2.45) is 5.41 Å². The van der Waals surface area contributed by atoms with Crippen LogP contribution in [0.5, 0.6) is 0 Å². The first-order valence-electron chi connectivity index (χ1n) is 13.0. The smallest absolute Gasteiger partial charge is 0.106 e. The molecule has 38 heavy (non-hydrogen) atoms. The first-order valence-corrected chi connectivity index (χ1v) is 13.8. The van der Waals surface area contributed by atoms with Crippen LogP contribution in [0.3, 0.4) is 0 Å². The van der Waals surface area contributed by atoms with Crippen LogP contribution in [0.15, 0.2) is 126 Å². The van der Waals surface area contributed by atoms with E-state index in [2.05, 4.69) is 158 Å². The molecule has 1 nitrogen and oxygen atoms in total. The van der Waals surface area contributed by atoms with Gasteiger partial charge in [0.05, 0.1) is 0 Å². The van der Waals surface area contributed by atoms with Gasteiger partial charge in [0.25, 0.3) is 0 Å². The minimum absolute atomic E-state index is 0.500. The second kappa shape index (κ2) is 10.9. The molecule has 0 fully saturated rings. The van der Waals surface area contributed by atoms with Gasteiger partial charge in [0, 0.05) is 11.8 Å². The molecule has 1 heterocycles. The molecule has 0 radical (unpaired) electrons. The van der Waals surface area contributed by atoms with Crippen molar-refractivity contribution in [1.82, 2.24) is 4.98 Å². The van der Waals surface area contributed by atoms with Crippen LogP contribution in [0.4, 0.5) is 0 Å². The van der Waals surface area contributed by atoms with Gasteiger partial charge in [-0.15, -0.1) is 0 Å². The predicted octanol–water partition coefficient (Wildman–Crippen LogP) is 11.2. The van der Waals surface area contributed by atoms with Crippen LogP contribution in [-0.4, -0.2) is 4.98 Å². The van der Waals surface area contributed by atoms with Gasteiger partial charge in [-0.3, -0.25) is 0 Å². The first kappa shape index (κ1) is 25.9. The average molecular weight is 559 g/mol. The maximum atomic E-state index is 4.53. The molecule has 0 aliphatic rings. The van der Waals surface area contributed by atoms with E-state index in [1.807, 2.05) is 12.3 Å². The highest BCUT2D eigenvalue weighted by molar-refractivity contribution is 9.10. The van der Waals surface area contributed by atoms with E-state index in [0.717, 1.165) is 10.2 Å². The molecule has 5 aromatic carbocycles. The van der Waals surface area contributed by atoms with Crippen LogP contribution < -0.4 is 0 Å². The minimum Gasteiger partial charge on any atom is -0.249 e. The van der Waals surface area contributed by atoms with E-state index >= 15 is 0 Å². The molecule has 188 valence electrons.